The molecule has 1 unspecified atom stereocenters. The summed E-state index contributed by atoms with van der Waals surface area (Å²) in [6.07, 6.45) is 1.66. The highest BCUT2D eigenvalue weighted by Gasteiger charge is 2.20. The van der Waals surface area contributed by atoms with Gasteiger partial charge in [-0.1, -0.05) is 24.3 Å². The predicted molar refractivity (Wildman–Crippen MR) is 65.2 cm³/mol. The monoisotopic (exact) mass is 244 g/mol. The van der Waals surface area contributed by atoms with Gasteiger partial charge in [-0.15, -0.1) is 11.6 Å². The molecule has 1 aromatic carbocycles. The van der Waals surface area contributed by atoms with E-state index < -0.39 is 7.37 Å². The maximum atomic E-state index is 12.4. The van der Waals surface area contributed by atoms with Gasteiger partial charge in [-0.25, -0.2) is 0 Å². The maximum absolute atomic E-state index is 12.4. The molecule has 1 rings (SSSR count). The Morgan fingerprint density at radius 1 is 1.40 bits per heavy atom. The van der Waals surface area contributed by atoms with E-state index in [-0.39, 0.29) is 0 Å². The van der Waals surface area contributed by atoms with E-state index in [1.165, 1.54) is 0 Å². The van der Waals surface area contributed by atoms with E-state index >= 15 is 0 Å². The molecule has 15 heavy (non-hydrogen) atoms. The Hall–Kier alpha value is -0.560. The molecule has 0 fully saturated rings. The van der Waals surface area contributed by atoms with Crippen LogP contribution in [0, 0.1) is 0 Å². The molecule has 0 aliphatic heterocycles. The van der Waals surface area contributed by atoms with Gasteiger partial charge in [0.1, 0.15) is 0 Å². The number of alkyl halides is 1. The Morgan fingerprint density at radius 3 is 2.60 bits per heavy atom. The number of hydrogen-bond donors (Lipinski definition) is 0. The molecular weight excluding hydrogens is 231 g/mol. The Labute approximate surface area is 95.4 Å². The van der Waals surface area contributed by atoms with Gasteiger partial charge in [-0.2, -0.15) is 0 Å². The summed E-state index contributed by atoms with van der Waals surface area (Å²) in [5.41, 5.74) is 0. The van der Waals surface area contributed by atoms with Crippen molar-refractivity contribution in [1.29, 1.82) is 0 Å². The third kappa shape index (κ3) is 3.49. The lowest BCUT2D eigenvalue weighted by Gasteiger charge is -2.13. The number of hydrogen-bond acceptors (Lipinski definition) is 2. The van der Waals surface area contributed by atoms with Crippen LogP contribution in [0.5, 0.6) is 0 Å². The van der Waals surface area contributed by atoms with Gasteiger partial charge in [0.25, 0.3) is 7.37 Å². The molecule has 0 heterocycles. The Balaban J connectivity index is 3.01. The molecule has 1 atom stereocenters. The van der Waals surface area contributed by atoms with Gasteiger partial charge in [-0.3, -0.25) is 4.57 Å². The molecule has 4 heteroatoms. The zero-order valence-electron chi connectivity index (χ0n) is 8.60. The molecule has 82 valence electrons. The van der Waals surface area contributed by atoms with Crippen molar-refractivity contribution in [3.8, 4) is 0 Å². The second kappa shape index (κ2) is 6.12. The minimum atomic E-state index is -2.85. The third-order valence-electron chi connectivity index (χ3n) is 1.83. The summed E-state index contributed by atoms with van der Waals surface area (Å²) in [6.45, 7) is 2.24. The van der Waals surface area contributed by atoms with Crippen LogP contribution >= 0.6 is 19.0 Å². The maximum Gasteiger partial charge on any atom is 0.253 e. The Morgan fingerprint density at radius 2 is 2.07 bits per heavy atom. The number of rotatable bonds is 5. The molecule has 0 spiro atoms. The normalized spacial score (nSPS) is 15.3. The molecule has 0 aliphatic carbocycles. The second-order valence-corrected chi connectivity index (χ2v) is 5.46. The van der Waals surface area contributed by atoms with Crippen molar-refractivity contribution in [2.45, 2.75) is 6.92 Å². The molecule has 2 nitrogen and oxygen atoms in total. The van der Waals surface area contributed by atoms with Gasteiger partial charge in [-0.05, 0) is 19.1 Å². The first-order valence-corrected chi connectivity index (χ1v) is 6.99. The third-order valence-corrected chi connectivity index (χ3v) is 4.27. The molecule has 0 saturated carbocycles. The van der Waals surface area contributed by atoms with E-state index in [9.17, 15) is 4.57 Å². The fraction of sp³-hybridized carbons (Fsp3) is 0.273. The summed E-state index contributed by atoms with van der Waals surface area (Å²) >= 11 is 5.53. The van der Waals surface area contributed by atoms with Crippen LogP contribution < -0.4 is 5.30 Å². The fourth-order valence-electron chi connectivity index (χ4n) is 1.21. The molecule has 0 amide bonds. The molecule has 0 bridgehead atoms. The average molecular weight is 245 g/mol. The standard InChI is InChI=1S/C11H14ClO2P/c1-2-14-15(13,10-6-9-12)11-7-4-3-5-8-11/h3-8,10H,2,9H2,1H3/b10-6+. The van der Waals surface area contributed by atoms with E-state index in [1.54, 1.807) is 24.0 Å². The van der Waals surface area contributed by atoms with E-state index in [1.807, 2.05) is 25.1 Å². The lowest BCUT2D eigenvalue weighted by Crippen LogP contribution is -2.05. The largest absolute Gasteiger partial charge is 0.323 e. The summed E-state index contributed by atoms with van der Waals surface area (Å²) in [5, 5.41) is 0.702. The summed E-state index contributed by atoms with van der Waals surface area (Å²) in [7, 11) is -2.85. The fourth-order valence-corrected chi connectivity index (χ4v) is 3.18. The molecule has 0 aromatic heterocycles. The van der Waals surface area contributed by atoms with Crippen molar-refractivity contribution in [2.24, 2.45) is 0 Å². The summed E-state index contributed by atoms with van der Waals surface area (Å²) in [4.78, 5) is 0. The van der Waals surface area contributed by atoms with Crippen LogP contribution in [0.1, 0.15) is 6.92 Å². The van der Waals surface area contributed by atoms with Crippen molar-refractivity contribution in [3.05, 3.63) is 42.2 Å². The van der Waals surface area contributed by atoms with Gasteiger partial charge in [0.15, 0.2) is 0 Å². The van der Waals surface area contributed by atoms with E-state index in [0.717, 1.165) is 0 Å². The zero-order valence-corrected chi connectivity index (χ0v) is 10.2. The minimum Gasteiger partial charge on any atom is -0.323 e. The second-order valence-electron chi connectivity index (χ2n) is 2.89. The lowest BCUT2D eigenvalue weighted by molar-refractivity contribution is 0.347. The number of benzene rings is 1. The molecule has 0 saturated heterocycles. The first-order valence-electron chi connectivity index (χ1n) is 4.76. The number of halogens is 1. The van der Waals surface area contributed by atoms with Crippen LogP contribution in [0.15, 0.2) is 42.2 Å². The van der Waals surface area contributed by atoms with Crippen LogP contribution in [0.2, 0.25) is 0 Å². The molecule has 0 aliphatic rings. The van der Waals surface area contributed by atoms with Gasteiger partial charge >= 0.3 is 0 Å². The van der Waals surface area contributed by atoms with Crippen molar-refractivity contribution >= 4 is 24.3 Å². The summed E-state index contributed by atoms with van der Waals surface area (Å²) in [5.74, 6) is 1.91. The van der Waals surface area contributed by atoms with E-state index in [0.29, 0.717) is 17.8 Å². The lowest BCUT2D eigenvalue weighted by atomic mass is 10.4. The highest BCUT2D eigenvalue weighted by molar-refractivity contribution is 7.70. The van der Waals surface area contributed by atoms with Crippen LogP contribution in [-0.4, -0.2) is 12.5 Å². The van der Waals surface area contributed by atoms with Crippen molar-refractivity contribution in [3.63, 3.8) is 0 Å². The molecule has 1 aromatic rings. The van der Waals surface area contributed by atoms with Gasteiger partial charge < -0.3 is 4.52 Å². The molecule has 0 radical (unpaired) electrons. The Bertz CT molecular complexity index is 362. The van der Waals surface area contributed by atoms with Crippen LogP contribution in [-0.2, 0) is 9.09 Å². The van der Waals surface area contributed by atoms with Gasteiger partial charge in [0.05, 0.1) is 6.61 Å². The zero-order chi connectivity index (χ0) is 11.1. The van der Waals surface area contributed by atoms with Crippen molar-refractivity contribution in [2.75, 3.05) is 12.5 Å². The quantitative estimate of drug-likeness (QED) is 0.586. The van der Waals surface area contributed by atoms with E-state index in [2.05, 4.69) is 0 Å². The van der Waals surface area contributed by atoms with Crippen LogP contribution in [0.3, 0.4) is 0 Å². The van der Waals surface area contributed by atoms with Crippen LogP contribution in [0.4, 0.5) is 0 Å². The minimum absolute atomic E-state index is 0.337. The van der Waals surface area contributed by atoms with Crippen LogP contribution in [0.25, 0.3) is 0 Å². The first-order chi connectivity index (χ1) is 7.23. The predicted octanol–water partition coefficient (Wildman–Crippen LogP) is 3.38. The topological polar surface area (TPSA) is 26.3 Å². The van der Waals surface area contributed by atoms with Crippen molar-refractivity contribution < 1.29 is 9.09 Å². The first kappa shape index (κ1) is 12.5. The van der Waals surface area contributed by atoms with Gasteiger partial charge in [0.2, 0.25) is 0 Å². The molecule has 0 N–H and O–H groups in total. The number of allylic oxidation sites excluding steroid dienone is 1. The molecular formula is C11H14ClO2P. The SMILES string of the molecule is CCOP(=O)(/C=C/CCl)c1ccccc1. The average Bonchev–Trinajstić information content (AvgIpc) is 2.28. The van der Waals surface area contributed by atoms with Crippen molar-refractivity contribution in [1.82, 2.24) is 0 Å². The highest BCUT2D eigenvalue weighted by atomic mass is 35.5. The highest BCUT2D eigenvalue weighted by Crippen LogP contribution is 2.47. The smallest absolute Gasteiger partial charge is 0.253 e. The van der Waals surface area contributed by atoms with Gasteiger partial charge in [0, 0.05) is 17.0 Å². The Kier molecular flexibility index (Phi) is 5.10. The summed E-state index contributed by atoms with van der Waals surface area (Å²) in [6, 6.07) is 9.17. The van der Waals surface area contributed by atoms with E-state index in [4.69, 9.17) is 16.1 Å². The summed E-state index contributed by atoms with van der Waals surface area (Å²) < 4.78 is 17.7.